The van der Waals surface area contributed by atoms with Crippen molar-refractivity contribution in [3.05, 3.63) is 29.6 Å². The van der Waals surface area contributed by atoms with Crippen molar-refractivity contribution >= 4 is 0 Å². The molecule has 1 aromatic rings. The van der Waals surface area contributed by atoms with E-state index in [4.69, 9.17) is 4.74 Å². The quantitative estimate of drug-likeness (QED) is 0.265. The molecule has 2 heteroatoms. The number of rotatable bonds is 15. The highest BCUT2D eigenvalue weighted by molar-refractivity contribution is 5.31. The molecule has 0 atom stereocenters. The first-order chi connectivity index (χ1) is 14.2. The van der Waals surface area contributed by atoms with E-state index in [9.17, 15) is 4.39 Å². The fourth-order valence-corrected chi connectivity index (χ4v) is 4.85. The van der Waals surface area contributed by atoms with Crippen LogP contribution < -0.4 is 4.74 Å². The highest BCUT2D eigenvalue weighted by atomic mass is 19.1. The third-order valence-corrected chi connectivity index (χ3v) is 6.73. The Kier molecular flexibility index (Phi) is 12.4. The smallest absolute Gasteiger partial charge is 0.165 e. The first kappa shape index (κ1) is 24.2. The van der Waals surface area contributed by atoms with E-state index >= 15 is 0 Å². The summed E-state index contributed by atoms with van der Waals surface area (Å²) in [6.07, 6.45) is 20.7. The lowest BCUT2D eigenvalue weighted by Gasteiger charge is -2.28. The first-order valence-electron chi connectivity index (χ1n) is 12.7. The van der Waals surface area contributed by atoms with Gasteiger partial charge in [0.2, 0.25) is 0 Å². The topological polar surface area (TPSA) is 9.23 Å². The summed E-state index contributed by atoms with van der Waals surface area (Å²) in [6.45, 7) is 5.17. The van der Waals surface area contributed by atoms with Gasteiger partial charge in [-0.2, -0.15) is 0 Å². The molecule has 0 radical (unpaired) electrons. The third kappa shape index (κ3) is 9.53. The summed E-state index contributed by atoms with van der Waals surface area (Å²) in [5.74, 6) is 1.69. The van der Waals surface area contributed by atoms with Crippen LogP contribution in [0.25, 0.3) is 0 Å². The number of ether oxygens (including phenoxy) is 1. The Bertz CT molecular complexity index is 533. The molecule has 1 aliphatic carbocycles. The molecule has 1 aromatic carbocycles. The molecular weight excluding hydrogens is 359 g/mol. The van der Waals surface area contributed by atoms with E-state index in [0.717, 1.165) is 12.3 Å². The Hall–Kier alpha value is -1.05. The van der Waals surface area contributed by atoms with Gasteiger partial charge < -0.3 is 4.74 Å². The van der Waals surface area contributed by atoms with Gasteiger partial charge in [0.25, 0.3) is 0 Å². The van der Waals surface area contributed by atoms with Crippen molar-refractivity contribution in [2.75, 3.05) is 6.61 Å². The number of benzene rings is 1. The molecule has 1 aliphatic rings. The summed E-state index contributed by atoms with van der Waals surface area (Å²) in [4.78, 5) is 0. The fourth-order valence-electron chi connectivity index (χ4n) is 4.85. The predicted molar refractivity (Wildman–Crippen MR) is 123 cm³/mol. The Balaban J connectivity index is 1.57. The molecule has 0 heterocycles. The van der Waals surface area contributed by atoms with Crippen LogP contribution in [0, 0.1) is 11.7 Å². The number of hydrogen-bond acceptors (Lipinski definition) is 1. The maximum absolute atomic E-state index is 14.5. The van der Waals surface area contributed by atoms with E-state index in [1.165, 1.54) is 102 Å². The summed E-state index contributed by atoms with van der Waals surface area (Å²) in [6, 6.07) is 5.69. The van der Waals surface area contributed by atoms with Crippen LogP contribution in [0.5, 0.6) is 5.75 Å². The lowest BCUT2D eigenvalue weighted by atomic mass is 9.77. The Labute approximate surface area is 179 Å². The monoisotopic (exact) mass is 404 g/mol. The van der Waals surface area contributed by atoms with Crippen LogP contribution in [0.15, 0.2) is 18.2 Å². The van der Waals surface area contributed by atoms with Crippen LogP contribution in [0.2, 0.25) is 0 Å². The molecule has 0 spiro atoms. The van der Waals surface area contributed by atoms with Crippen LogP contribution in [0.3, 0.4) is 0 Å². The SMILES string of the molecule is CCCCCCCCCCCCOc1ccc([C@H]2CC[C@H](CCC)CC2)cc1F. The van der Waals surface area contributed by atoms with Gasteiger partial charge in [-0.15, -0.1) is 0 Å². The van der Waals surface area contributed by atoms with Gasteiger partial charge in [0.05, 0.1) is 6.61 Å². The molecule has 0 unspecified atom stereocenters. The van der Waals surface area contributed by atoms with Crippen LogP contribution in [0.1, 0.15) is 128 Å². The van der Waals surface area contributed by atoms with E-state index in [1.807, 2.05) is 6.07 Å². The summed E-state index contributed by atoms with van der Waals surface area (Å²) >= 11 is 0. The van der Waals surface area contributed by atoms with Gasteiger partial charge >= 0.3 is 0 Å². The molecule has 0 saturated heterocycles. The Morgan fingerprint density at radius 2 is 1.41 bits per heavy atom. The zero-order valence-corrected chi connectivity index (χ0v) is 19.2. The van der Waals surface area contributed by atoms with Crippen LogP contribution in [-0.2, 0) is 0 Å². The molecule has 0 aliphatic heterocycles. The molecule has 2 rings (SSSR count). The molecule has 166 valence electrons. The number of unbranched alkanes of at least 4 members (excludes halogenated alkanes) is 9. The number of halogens is 1. The average Bonchev–Trinajstić information content (AvgIpc) is 2.74. The van der Waals surface area contributed by atoms with Crippen molar-refractivity contribution < 1.29 is 9.13 Å². The van der Waals surface area contributed by atoms with Crippen molar-refractivity contribution in [1.29, 1.82) is 0 Å². The van der Waals surface area contributed by atoms with Gasteiger partial charge in [0.1, 0.15) is 0 Å². The van der Waals surface area contributed by atoms with Crippen molar-refractivity contribution in [2.24, 2.45) is 5.92 Å². The summed E-state index contributed by atoms with van der Waals surface area (Å²) in [7, 11) is 0. The summed E-state index contributed by atoms with van der Waals surface area (Å²) in [5.41, 5.74) is 1.17. The maximum Gasteiger partial charge on any atom is 0.165 e. The maximum atomic E-state index is 14.5. The fraction of sp³-hybridized carbons (Fsp3) is 0.778. The molecule has 0 amide bonds. The minimum atomic E-state index is -0.176. The Morgan fingerprint density at radius 1 is 0.793 bits per heavy atom. The first-order valence-corrected chi connectivity index (χ1v) is 12.7. The van der Waals surface area contributed by atoms with E-state index in [1.54, 1.807) is 6.07 Å². The van der Waals surface area contributed by atoms with Gasteiger partial charge in [-0.25, -0.2) is 4.39 Å². The van der Waals surface area contributed by atoms with Gasteiger partial charge in [0.15, 0.2) is 11.6 Å². The van der Waals surface area contributed by atoms with Crippen LogP contribution >= 0.6 is 0 Å². The highest BCUT2D eigenvalue weighted by Gasteiger charge is 2.22. The van der Waals surface area contributed by atoms with Crippen LogP contribution in [-0.4, -0.2) is 6.61 Å². The summed E-state index contributed by atoms with van der Waals surface area (Å²) in [5, 5.41) is 0. The molecule has 29 heavy (non-hydrogen) atoms. The molecule has 1 saturated carbocycles. The third-order valence-electron chi connectivity index (χ3n) is 6.73. The minimum Gasteiger partial charge on any atom is -0.491 e. The highest BCUT2D eigenvalue weighted by Crippen LogP contribution is 2.38. The van der Waals surface area contributed by atoms with Gasteiger partial charge in [0, 0.05) is 0 Å². The lowest BCUT2D eigenvalue weighted by molar-refractivity contribution is 0.288. The molecule has 0 aromatic heterocycles. The predicted octanol–water partition coefficient (Wildman–Crippen LogP) is 9.20. The van der Waals surface area contributed by atoms with E-state index in [2.05, 4.69) is 19.9 Å². The van der Waals surface area contributed by atoms with Crippen molar-refractivity contribution in [3.8, 4) is 5.75 Å². The van der Waals surface area contributed by atoms with Crippen molar-refractivity contribution in [1.82, 2.24) is 0 Å². The minimum absolute atomic E-state index is 0.176. The lowest BCUT2D eigenvalue weighted by Crippen LogP contribution is -2.13. The Morgan fingerprint density at radius 3 is 2.00 bits per heavy atom. The standard InChI is InChI=1S/C27H45FO/c1-3-5-6-7-8-9-10-11-12-13-21-29-27-20-19-25(22-26(27)28)24-17-15-23(14-4-2)16-18-24/h19-20,22-24H,3-18,21H2,1-2H3/t23-,24-. The van der Waals surface area contributed by atoms with Gasteiger partial charge in [-0.1, -0.05) is 90.5 Å². The molecule has 0 bridgehead atoms. The molecule has 1 nitrogen and oxygen atoms in total. The molecular formula is C27H45FO. The molecule has 1 fully saturated rings. The average molecular weight is 405 g/mol. The second-order valence-corrected chi connectivity index (χ2v) is 9.23. The van der Waals surface area contributed by atoms with Crippen LogP contribution in [0.4, 0.5) is 4.39 Å². The second kappa shape index (κ2) is 14.9. The largest absolute Gasteiger partial charge is 0.491 e. The summed E-state index contributed by atoms with van der Waals surface area (Å²) < 4.78 is 20.2. The van der Waals surface area contributed by atoms with E-state index in [-0.39, 0.29) is 5.82 Å². The molecule has 0 N–H and O–H groups in total. The van der Waals surface area contributed by atoms with Gasteiger partial charge in [-0.3, -0.25) is 0 Å². The van der Waals surface area contributed by atoms with E-state index < -0.39 is 0 Å². The zero-order valence-electron chi connectivity index (χ0n) is 19.2. The zero-order chi connectivity index (χ0) is 20.7. The van der Waals surface area contributed by atoms with E-state index in [0.29, 0.717) is 18.3 Å². The number of hydrogen-bond donors (Lipinski definition) is 0. The van der Waals surface area contributed by atoms with Crippen molar-refractivity contribution in [3.63, 3.8) is 0 Å². The normalized spacial score (nSPS) is 19.4. The second-order valence-electron chi connectivity index (χ2n) is 9.23. The van der Waals surface area contributed by atoms with Crippen molar-refractivity contribution in [2.45, 2.75) is 122 Å². The van der Waals surface area contributed by atoms with Gasteiger partial charge in [-0.05, 0) is 61.6 Å².